The number of aliphatic hydroxyl groups is 1. The first kappa shape index (κ1) is 17.9. The van der Waals surface area contributed by atoms with Crippen LogP contribution in [0, 0.1) is 6.92 Å². The molecule has 0 saturated heterocycles. The van der Waals surface area contributed by atoms with Gasteiger partial charge in [0, 0.05) is 35.4 Å². The Morgan fingerprint density at radius 3 is 2.78 bits per heavy atom. The van der Waals surface area contributed by atoms with Gasteiger partial charge in [0.25, 0.3) is 0 Å². The van der Waals surface area contributed by atoms with Crippen molar-refractivity contribution >= 4 is 11.6 Å². The van der Waals surface area contributed by atoms with Gasteiger partial charge in [-0.15, -0.1) is 0 Å². The van der Waals surface area contributed by atoms with Gasteiger partial charge in [-0.1, -0.05) is 17.7 Å². The van der Waals surface area contributed by atoms with Crippen molar-refractivity contribution in [3.63, 3.8) is 0 Å². The summed E-state index contributed by atoms with van der Waals surface area (Å²) < 4.78 is 1.88. The summed E-state index contributed by atoms with van der Waals surface area (Å²) in [4.78, 5) is 1.97. The number of nitrogens with one attached hydrogen (secondary N) is 1. The Morgan fingerprint density at radius 1 is 1.39 bits per heavy atom. The SMILES string of the molecule is Cc1c(C(C)NCC(O)CN(C)C)cnn1-c1cccc(Cl)c1. The number of likely N-dealkylation sites (N-methyl/N-ethyl adjacent to an activating group) is 1. The minimum Gasteiger partial charge on any atom is -0.390 e. The van der Waals surface area contributed by atoms with Crippen molar-refractivity contribution in [1.29, 1.82) is 0 Å². The van der Waals surface area contributed by atoms with Gasteiger partial charge in [0.15, 0.2) is 0 Å². The van der Waals surface area contributed by atoms with Crippen molar-refractivity contribution in [1.82, 2.24) is 20.0 Å². The molecule has 0 aliphatic rings. The van der Waals surface area contributed by atoms with Crippen molar-refractivity contribution in [2.24, 2.45) is 0 Å². The first-order valence-electron chi connectivity index (χ1n) is 7.75. The van der Waals surface area contributed by atoms with Crippen LogP contribution in [0.1, 0.15) is 24.2 Å². The average molecular weight is 337 g/mol. The van der Waals surface area contributed by atoms with Crippen LogP contribution in [0.2, 0.25) is 5.02 Å². The smallest absolute Gasteiger partial charge is 0.0791 e. The monoisotopic (exact) mass is 336 g/mol. The molecule has 0 amide bonds. The molecule has 2 N–H and O–H groups in total. The normalized spacial score (nSPS) is 14.2. The van der Waals surface area contributed by atoms with Gasteiger partial charge in [-0.05, 0) is 46.1 Å². The lowest BCUT2D eigenvalue weighted by Crippen LogP contribution is -2.36. The van der Waals surface area contributed by atoms with E-state index < -0.39 is 6.10 Å². The fraction of sp³-hybridized carbons (Fsp3) is 0.471. The van der Waals surface area contributed by atoms with E-state index in [2.05, 4.69) is 17.3 Å². The van der Waals surface area contributed by atoms with Gasteiger partial charge in [-0.25, -0.2) is 4.68 Å². The zero-order chi connectivity index (χ0) is 17.0. The Hall–Kier alpha value is -1.40. The molecule has 5 nitrogen and oxygen atoms in total. The largest absolute Gasteiger partial charge is 0.390 e. The van der Waals surface area contributed by atoms with Crippen LogP contribution in [-0.2, 0) is 0 Å². The third-order valence-corrected chi connectivity index (χ3v) is 4.04. The van der Waals surface area contributed by atoms with Crippen LogP contribution < -0.4 is 5.32 Å². The van der Waals surface area contributed by atoms with Crippen molar-refractivity contribution in [2.45, 2.75) is 26.0 Å². The van der Waals surface area contributed by atoms with Crippen LogP contribution in [0.3, 0.4) is 0 Å². The van der Waals surface area contributed by atoms with Gasteiger partial charge < -0.3 is 15.3 Å². The van der Waals surface area contributed by atoms with Crippen molar-refractivity contribution in [2.75, 3.05) is 27.2 Å². The molecular formula is C17H25ClN4O. The van der Waals surface area contributed by atoms with Crippen LogP contribution in [-0.4, -0.2) is 53.1 Å². The summed E-state index contributed by atoms with van der Waals surface area (Å²) in [5.74, 6) is 0. The summed E-state index contributed by atoms with van der Waals surface area (Å²) in [5, 5.41) is 18.5. The van der Waals surface area contributed by atoms with Crippen molar-refractivity contribution in [3.05, 3.63) is 46.7 Å². The minimum absolute atomic E-state index is 0.111. The van der Waals surface area contributed by atoms with Gasteiger partial charge in [0.2, 0.25) is 0 Å². The van der Waals surface area contributed by atoms with E-state index in [9.17, 15) is 5.11 Å². The number of aromatic nitrogens is 2. The summed E-state index contributed by atoms with van der Waals surface area (Å²) in [5.41, 5.74) is 3.12. The number of aliphatic hydroxyl groups excluding tert-OH is 1. The lowest BCUT2D eigenvalue weighted by Gasteiger charge is -2.19. The lowest BCUT2D eigenvalue weighted by atomic mass is 10.1. The quantitative estimate of drug-likeness (QED) is 0.815. The molecule has 0 bridgehead atoms. The van der Waals surface area contributed by atoms with Gasteiger partial charge >= 0.3 is 0 Å². The highest BCUT2D eigenvalue weighted by atomic mass is 35.5. The Bertz CT molecular complexity index is 641. The van der Waals surface area contributed by atoms with Gasteiger partial charge in [0.05, 0.1) is 18.0 Å². The van der Waals surface area contributed by atoms with E-state index in [4.69, 9.17) is 11.6 Å². The number of hydrogen-bond acceptors (Lipinski definition) is 4. The number of rotatable bonds is 7. The van der Waals surface area contributed by atoms with Gasteiger partial charge in [-0.3, -0.25) is 0 Å². The van der Waals surface area contributed by atoms with Crippen LogP contribution in [0.15, 0.2) is 30.5 Å². The number of nitrogens with zero attached hydrogens (tertiary/aromatic N) is 3. The Balaban J connectivity index is 2.06. The fourth-order valence-corrected chi connectivity index (χ4v) is 2.81. The molecule has 126 valence electrons. The molecule has 0 fully saturated rings. The molecule has 0 aliphatic heterocycles. The highest BCUT2D eigenvalue weighted by molar-refractivity contribution is 6.30. The van der Waals surface area contributed by atoms with Gasteiger partial charge in [-0.2, -0.15) is 5.10 Å². The molecule has 2 unspecified atom stereocenters. The lowest BCUT2D eigenvalue weighted by molar-refractivity contribution is 0.132. The maximum atomic E-state index is 9.96. The Labute approximate surface area is 142 Å². The minimum atomic E-state index is -0.393. The average Bonchev–Trinajstić information content (AvgIpc) is 2.86. The van der Waals surface area contributed by atoms with E-state index >= 15 is 0 Å². The Morgan fingerprint density at radius 2 is 2.13 bits per heavy atom. The van der Waals surface area contributed by atoms with Crippen LogP contribution in [0.5, 0.6) is 0 Å². The summed E-state index contributed by atoms with van der Waals surface area (Å²) in [7, 11) is 3.90. The summed E-state index contributed by atoms with van der Waals surface area (Å²) in [6.07, 6.45) is 1.47. The van der Waals surface area contributed by atoms with Crippen LogP contribution >= 0.6 is 11.6 Å². The predicted octanol–water partition coefficient (Wildman–Crippen LogP) is 2.41. The topological polar surface area (TPSA) is 53.3 Å². The predicted molar refractivity (Wildman–Crippen MR) is 94.3 cm³/mol. The molecule has 0 saturated carbocycles. The van der Waals surface area contributed by atoms with E-state index in [1.54, 1.807) is 0 Å². The second kappa shape index (κ2) is 7.93. The Kier molecular flexibility index (Phi) is 6.18. The second-order valence-corrected chi connectivity index (χ2v) is 6.56. The molecule has 0 radical (unpaired) electrons. The molecule has 2 aromatic rings. The van der Waals surface area contributed by atoms with E-state index in [0.29, 0.717) is 18.1 Å². The van der Waals surface area contributed by atoms with Crippen LogP contribution in [0.25, 0.3) is 5.69 Å². The fourth-order valence-electron chi connectivity index (χ4n) is 2.62. The van der Waals surface area contributed by atoms with Crippen molar-refractivity contribution < 1.29 is 5.11 Å². The standard InChI is InChI=1S/C17H25ClN4O/c1-12(19-9-16(23)11-21(3)4)17-10-20-22(13(17)2)15-7-5-6-14(18)8-15/h5-8,10,12,16,19,23H,9,11H2,1-4H3. The zero-order valence-corrected chi connectivity index (χ0v) is 14.9. The second-order valence-electron chi connectivity index (χ2n) is 6.12. The molecule has 23 heavy (non-hydrogen) atoms. The molecule has 2 atom stereocenters. The molecular weight excluding hydrogens is 312 g/mol. The molecule has 6 heteroatoms. The number of hydrogen-bond donors (Lipinski definition) is 2. The van der Waals surface area contributed by atoms with Gasteiger partial charge in [0.1, 0.15) is 0 Å². The molecule has 1 aromatic carbocycles. The van der Waals surface area contributed by atoms with E-state index in [-0.39, 0.29) is 6.04 Å². The molecule has 0 spiro atoms. The maximum absolute atomic E-state index is 9.96. The number of halogens is 1. The summed E-state index contributed by atoms with van der Waals surface area (Å²) in [6, 6.07) is 7.75. The molecule has 1 aromatic heterocycles. The third-order valence-electron chi connectivity index (χ3n) is 3.80. The zero-order valence-electron chi connectivity index (χ0n) is 14.1. The van der Waals surface area contributed by atoms with E-state index in [1.165, 1.54) is 0 Å². The molecule has 1 heterocycles. The molecule has 0 aliphatic carbocycles. The maximum Gasteiger partial charge on any atom is 0.0791 e. The van der Waals surface area contributed by atoms with Crippen LogP contribution in [0.4, 0.5) is 0 Å². The third kappa shape index (κ3) is 4.78. The van der Waals surface area contributed by atoms with Crippen molar-refractivity contribution in [3.8, 4) is 5.69 Å². The summed E-state index contributed by atoms with van der Waals surface area (Å²) >= 11 is 6.06. The highest BCUT2D eigenvalue weighted by Crippen LogP contribution is 2.21. The van der Waals surface area contributed by atoms with E-state index in [0.717, 1.165) is 16.9 Å². The summed E-state index contributed by atoms with van der Waals surface area (Å²) in [6.45, 7) is 5.30. The van der Waals surface area contributed by atoms with E-state index in [1.807, 2.05) is 61.1 Å². The highest BCUT2D eigenvalue weighted by Gasteiger charge is 2.15. The first-order valence-corrected chi connectivity index (χ1v) is 8.13. The number of benzene rings is 1. The first-order chi connectivity index (χ1) is 10.9. The molecule has 2 rings (SSSR count).